The van der Waals surface area contributed by atoms with E-state index in [4.69, 9.17) is 16.3 Å². The second-order valence-electron chi connectivity index (χ2n) is 12.4. The van der Waals surface area contributed by atoms with E-state index in [1.54, 1.807) is 6.20 Å². The van der Waals surface area contributed by atoms with Crippen molar-refractivity contribution < 1.29 is 14.3 Å². The summed E-state index contributed by atoms with van der Waals surface area (Å²) in [4.78, 5) is 33.4. The van der Waals surface area contributed by atoms with Gasteiger partial charge in [-0.3, -0.25) is 14.7 Å². The predicted molar refractivity (Wildman–Crippen MR) is 175 cm³/mol. The van der Waals surface area contributed by atoms with Crippen LogP contribution in [0.3, 0.4) is 0 Å². The molecule has 0 bridgehead atoms. The Kier molecular flexibility index (Phi) is 10.1. The third-order valence-electron chi connectivity index (χ3n) is 8.74. The fourth-order valence-electron chi connectivity index (χ4n) is 6.20. The molecule has 3 heterocycles. The number of amides is 2. The molecule has 6 rings (SSSR count). The van der Waals surface area contributed by atoms with Crippen LogP contribution in [0.1, 0.15) is 45.1 Å². The second kappa shape index (κ2) is 13.8. The van der Waals surface area contributed by atoms with Crippen molar-refractivity contribution >= 4 is 41.5 Å². The van der Waals surface area contributed by atoms with Gasteiger partial charge in [0, 0.05) is 80.4 Å². The summed E-state index contributed by atoms with van der Waals surface area (Å²) in [5, 5.41) is 10.8. The van der Waals surface area contributed by atoms with Gasteiger partial charge in [0.1, 0.15) is 5.75 Å². The maximum atomic E-state index is 14.0. The van der Waals surface area contributed by atoms with E-state index in [-0.39, 0.29) is 36.2 Å². The summed E-state index contributed by atoms with van der Waals surface area (Å²) in [6.45, 7) is 8.70. The Balaban J connectivity index is 0.00000384. The van der Waals surface area contributed by atoms with Crippen LogP contribution in [-0.4, -0.2) is 82.7 Å². The Hall–Kier alpha value is -3.27. The van der Waals surface area contributed by atoms with Gasteiger partial charge in [0.2, 0.25) is 5.91 Å². The molecular formula is C33H42Cl2N6O3. The smallest absolute Gasteiger partial charge is 0.266 e. The minimum absolute atomic E-state index is 0. The highest BCUT2D eigenvalue weighted by atomic mass is 35.5. The number of carbonyl (C=O) groups excluding carboxylic acids is 2. The van der Waals surface area contributed by atoms with Crippen molar-refractivity contribution in [3.8, 4) is 16.9 Å². The number of nitrogens with one attached hydrogen (secondary N) is 2. The maximum Gasteiger partial charge on any atom is 0.266 e. The summed E-state index contributed by atoms with van der Waals surface area (Å²) in [5.41, 5.74) is 2.98. The van der Waals surface area contributed by atoms with E-state index in [0.29, 0.717) is 37.0 Å². The van der Waals surface area contributed by atoms with E-state index in [1.807, 2.05) is 61.3 Å². The molecule has 9 nitrogen and oxygen atoms in total. The number of rotatable bonds is 9. The highest BCUT2D eigenvalue weighted by Crippen LogP contribution is 2.35. The van der Waals surface area contributed by atoms with Crippen molar-refractivity contribution in [3.05, 3.63) is 65.4 Å². The lowest BCUT2D eigenvalue weighted by atomic mass is 9.95. The van der Waals surface area contributed by atoms with Crippen LogP contribution in [0, 0.1) is 5.92 Å². The molecule has 2 amide bonds. The molecule has 236 valence electrons. The lowest BCUT2D eigenvalue weighted by Crippen LogP contribution is -2.54. The molecule has 1 aliphatic carbocycles. The Bertz CT molecular complexity index is 1440. The first kappa shape index (κ1) is 32.1. The minimum atomic E-state index is -0.973. The molecular weight excluding hydrogens is 599 g/mol. The highest BCUT2D eigenvalue weighted by molar-refractivity contribution is 6.31. The summed E-state index contributed by atoms with van der Waals surface area (Å²) in [5.74, 6) is 0.776. The summed E-state index contributed by atoms with van der Waals surface area (Å²) in [7, 11) is 0. The third-order valence-corrected chi connectivity index (χ3v) is 9.09. The highest BCUT2D eigenvalue weighted by Gasteiger charge is 2.38. The van der Waals surface area contributed by atoms with Crippen molar-refractivity contribution in [1.82, 2.24) is 25.3 Å². The van der Waals surface area contributed by atoms with E-state index < -0.39 is 5.60 Å². The molecule has 2 aliphatic heterocycles. The summed E-state index contributed by atoms with van der Waals surface area (Å²) < 4.78 is 6.28. The lowest BCUT2D eigenvalue weighted by Gasteiger charge is -2.37. The number of piperazine rings is 1. The second-order valence-corrected chi connectivity index (χ2v) is 12.8. The molecule has 3 aromatic rings. The number of carbonyl (C=O) groups is 2. The Morgan fingerprint density at radius 1 is 1.07 bits per heavy atom. The number of benzene rings is 2. The number of hydrogen-bond acceptors (Lipinski definition) is 6. The molecule has 0 radical (unpaired) electrons. The molecule has 1 aromatic heterocycles. The topological polar surface area (TPSA) is 93.8 Å². The average Bonchev–Trinajstić information content (AvgIpc) is 3.72. The molecule has 3 fully saturated rings. The van der Waals surface area contributed by atoms with Gasteiger partial charge in [-0.25, -0.2) is 0 Å². The SMILES string of the molecule is CC(C)(Oc1cccc(N2CCC[C@@H](C(=O)N(Cc3ccc(-c4cn[nH]c4)cc3Cl)C3CC3)C2)c1)C(=O)N1CCNCC1.Cl. The summed E-state index contributed by atoms with van der Waals surface area (Å²) in [6.07, 6.45) is 7.50. The van der Waals surface area contributed by atoms with E-state index >= 15 is 0 Å². The largest absolute Gasteiger partial charge is 0.478 e. The quantitative estimate of drug-likeness (QED) is 0.336. The van der Waals surface area contributed by atoms with Crippen LogP contribution in [-0.2, 0) is 16.1 Å². The first-order chi connectivity index (χ1) is 20.8. The normalized spacial score (nSPS) is 18.8. The monoisotopic (exact) mass is 640 g/mol. The Morgan fingerprint density at radius 2 is 1.86 bits per heavy atom. The van der Waals surface area contributed by atoms with Gasteiger partial charge in [-0.05, 0) is 68.9 Å². The van der Waals surface area contributed by atoms with Gasteiger partial charge in [0.05, 0.1) is 12.1 Å². The standard InChI is InChI=1S/C33H41ClN6O3.ClH/c1-33(2,32(42)38-15-12-35-13-16-38)43-29-7-3-6-28(18-29)39-14-4-5-25(21-39)31(41)40(27-10-11-27)22-24-9-8-23(17-30(24)34)26-19-36-37-20-26;/h3,6-9,17-20,25,27,35H,4-5,10-16,21-22H2,1-2H3,(H,36,37);1H/t25-;/m1./s1. The molecule has 1 atom stereocenters. The van der Waals surface area contributed by atoms with Gasteiger partial charge in [-0.1, -0.05) is 29.8 Å². The van der Waals surface area contributed by atoms with Crippen LogP contribution in [0.5, 0.6) is 5.75 Å². The predicted octanol–water partition coefficient (Wildman–Crippen LogP) is 5.15. The fourth-order valence-corrected chi connectivity index (χ4v) is 6.44. The number of nitrogens with zero attached hydrogens (tertiary/aromatic N) is 4. The van der Waals surface area contributed by atoms with E-state index in [9.17, 15) is 9.59 Å². The van der Waals surface area contributed by atoms with Gasteiger partial charge in [-0.2, -0.15) is 5.10 Å². The van der Waals surface area contributed by atoms with Gasteiger partial charge in [0.25, 0.3) is 5.91 Å². The first-order valence-electron chi connectivity index (χ1n) is 15.4. The zero-order chi connectivity index (χ0) is 30.0. The van der Waals surface area contributed by atoms with Crippen molar-refractivity contribution in [2.45, 2.75) is 57.7 Å². The lowest BCUT2D eigenvalue weighted by molar-refractivity contribution is -0.146. The molecule has 3 aliphatic rings. The number of halogens is 2. The van der Waals surface area contributed by atoms with Crippen molar-refractivity contribution in [1.29, 1.82) is 0 Å². The zero-order valence-electron chi connectivity index (χ0n) is 25.4. The number of ether oxygens (including phenoxy) is 1. The van der Waals surface area contributed by atoms with Crippen molar-refractivity contribution in [3.63, 3.8) is 0 Å². The summed E-state index contributed by atoms with van der Waals surface area (Å²) in [6, 6.07) is 14.2. The van der Waals surface area contributed by atoms with E-state index in [0.717, 1.165) is 67.7 Å². The minimum Gasteiger partial charge on any atom is -0.478 e. The number of piperidine rings is 1. The van der Waals surface area contributed by atoms with Gasteiger partial charge < -0.3 is 24.8 Å². The molecule has 11 heteroatoms. The van der Waals surface area contributed by atoms with E-state index in [2.05, 4.69) is 31.4 Å². The van der Waals surface area contributed by atoms with Gasteiger partial charge >= 0.3 is 0 Å². The number of hydrogen-bond donors (Lipinski definition) is 2. The zero-order valence-corrected chi connectivity index (χ0v) is 27.0. The average molecular weight is 642 g/mol. The number of aromatic nitrogens is 2. The molecule has 1 saturated carbocycles. The Morgan fingerprint density at radius 3 is 2.57 bits per heavy atom. The molecule has 2 N–H and O–H groups in total. The summed E-state index contributed by atoms with van der Waals surface area (Å²) >= 11 is 6.72. The first-order valence-corrected chi connectivity index (χ1v) is 15.8. The molecule has 2 aromatic carbocycles. The maximum absolute atomic E-state index is 14.0. The number of aromatic amines is 1. The van der Waals surface area contributed by atoms with Crippen LogP contribution >= 0.6 is 24.0 Å². The van der Waals surface area contributed by atoms with Gasteiger partial charge in [0.15, 0.2) is 5.60 Å². The van der Waals surface area contributed by atoms with Gasteiger partial charge in [-0.15, -0.1) is 12.4 Å². The molecule has 2 saturated heterocycles. The number of anilines is 1. The number of H-pyrrole nitrogens is 1. The van der Waals surface area contributed by atoms with E-state index in [1.165, 1.54) is 0 Å². The van der Waals surface area contributed by atoms with Crippen LogP contribution in [0.2, 0.25) is 5.02 Å². The van der Waals surface area contributed by atoms with Crippen molar-refractivity contribution in [2.24, 2.45) is 5.92 Å². The molecule has 44 heavy (non-hydrogen) atoms. The fraction of sp³-hybridized carbons (Fsp3) is 0.485. The van der Waals surface area contributed by atoms with Crippen LogP contribution < -0.4 is 15.0 Å². The van der Waals surface area contributed by atoms with Crippen LogP contribution in [0.15, 0.2) is 54.9 Å². The van der Waals surface area contributed by atoms with Crippen molar-refractivity contribution in [2.75, 3.05) is 44.2 Å². The Labute approximate surface area is 270 Å². The molecule has 0 spiro atoms. The van der Waals surface area contributed by atoms with Crippen LogP contribution in [0.25, 0.3) is 11.1 Å². The molecule has 0 unspecified atom stereocenters. The third kappa shape index (κ3) is 7.33. The van der Waals surface area contributed by atoms with Crippen LogP contribution in [0.4, 0.5) is 5.69 Å².